The van der Waals surface area contributed by atoms with E-state index in [-0.39, 0.29) is 24.2 Å². The minimum absolute atomic E-state index is 0.0933. The van der Waals surface area contributed by atoms with Crippen molar-refractivity contribution in [3.63, 3.8) is 0 Å². The Morgan fingerprint density at radius 2 is 1.44 bits per heavy atom. The van der Waals surface area contributed by atoms with E-state index in [2.05, 4.69) is 34.1 Å². The molecule has 45 heavy (non-hydrogen) atoms. The van der Waals surface area contributed by atoms with Gasteiger partial charge in [0.05, 0.1) is 42.0 Å². The zero-order valence-corrected chi connectivity index (χ0v) is 27.6. The summed E-state index contributed by atoms with van der Waals surface area (Å²) < 4.78 is 35.1. The number of piperidine rings is 1. The molecule has 2 aliphatic rings. The number of carbonyl (C=O) groups is 1. The first kappa shape index (κ1) is 32.3. The Balaban J connectivity index is 1.70. The fourth-order valence-electron chi connectivity index (χ4n) is 6.74. The minimum atomic E-state index is -0.381. The third-order valence-corrected chi connectivity index (χ3v) is 9.09. The van der Waals surface area contributed by atoms with Crippen molar-refractivity contribution in [1.29, 1.82) is 0 Å². The maximum absolute atomic E-state index is 13.5. The lowest BCUT2D eigenvalue weighted by Crippen LogP contribution is -2.31. The van der Waals surface area contributed by atoms with Crippen molar-refractivity contribution in [3.05, 3.63) is 64.7 Å². The Labute approximate surface area is 266 Å². The number of hydrogen-bond donors (Lipinski definition) is 0. The van der Waals surface area contributed by atoms with Crippen molar-refractivity contribution >= 4 is 11.7 Å². The molecule has 5 rings (SSSR count). The third-order valence-electron chi connectivity index (χ3n) is 9.09. The van der Waals surface area contributed by atoms with Gasteiger partial charge in [-0.1, -0.05) is 18.6 Å². The molecule has 9 heteroatoms. The molecule has 2 aliphatic heterocycles. The highest BCUT2D eigenvalue weighted by atomic mass is 16.5. The maximum atomic E-state index is 13.5. The summed E-state index contributed by atoms with van der Waals surface area (Å²) in [6.07, 6.45) is 4.69. The average molecular weight is 619 g/mol. The number of hydrogen-bond acceptors (Lipinski definition) is 9. The van der Waals surface area contributed by atoms with E-state index in [9.17, 15) is 4.79 Å². The highest BCUT2D eigenvalue weighted by Gasteiger charge is 2.38. The maximum Gasteiger partial charge on any atom is 0.312 e. The van der Waals surface area contributed by atoms with Crippen LogP contribution in [0, 0.1) is 0 Å². The molecular formula is C36H46N2O7. The number of nitrogens with zero attached hydrogens (tertiary/aromatic N) is 2. The molecular weight excluding hydrogens is 572 g/mol. The Bertz CT molecular complexity index is 1460. The van der Waals surface area contributed by atoms with Gasteiger partial charge in [-0.15, -0.1) is 0 Å². The molecule has 2 heterocycles. The van der Waals surface area contributed by atoms with Gasteiger partial charge in [0.15, 0.2) is 11.5 Å². The first-order valence-corrected chi connectivity index (χ1v) is 15.6. The first-order valence-electron chi connectivity index (χ1n) is 15.6. The molecule has 0 bridgehead atoms. The Morgan fingerprint density at radius 3 is 2.00 bits per heavy atom. The number of anilines is 1. The molecule has 0 aliphatic carbocycles. The van der Waals surface area contributed by atoms with Crippen LogP contribution in [-0.4, -0.2) is 80.1 Å². The molecule has 0 spiro atoms. The van der Waals surface area contributed by atoms with Gasteiger partial charge in [-0.05, 0) is 74.3 Å². The van der Waals surface area contributed by atoms with E-state index in [0.717, 1.165) is 54.0 Å². The molecule has 3 aromatic rings. The van der Waals surface area contributed by atoms with Crippen LogP contribution in [0.15, 0.2) is 42.5 Å². The van der Waals surface area contributed by atoms with Gasteiger partial charge in [-0.2, -0.15) is 0 Å². The lowest BCUT2D eigenvalue weighted by atomic mass is 9.79. The van der Waals surface area contributed by atoms with Gasteiger partial charge in [-0.25, -0.2) is 0 Å². The quantitative estimate of drug-likeness (QED) is 0.173. The van der Waals surface area contributed by atoms with E-state index in [1.165, 1.54) is 19.3 Å². The number of ether oxygens (including phenoxy) is 6. The smallest absolute Gasteiger partial charge is 0.312 e. The van der Waals surface area contributed by atoms with Crippen molar-refractivity contribution < 1.29 is 33.2 Å². The summed E-state index contributed by atoms with van der Waals surface area (Å²) in [6, 6.07) is 14.3. The number of esters is 1. The molecule has 9 nitrogen and oxygen atoms in total. The van der Waals surface area contributed by atoms with Crippen LogP contribution in [0.4, 0.5) is 5.69 Å². The number of carbonyl (C=O) groups excluding carboxylic acids is 1. The average Bonchev–Trinajstić information content (AvgIpc) is 3.07. The van der Waals surface area contributed by atoms with Gasteiger partial charge in [-0.3, -0.25) is 4.79 Å². The van der Waals surface area contributed by atoms with Crippen LogP contribution in [0.3, 0.4) is 0 Å². The molecule has 0 unspecified atom stereocenters. The molecule has 0 amide bonds. The minimum Gasteiger partial charge on any atom is -0.496 e. The Hall–Kier alpha value is -4.11. The van der Waals surface area contributed by atoms with E-state index in [0.29, 0.717) is 34.5 Å². The molecule has 1 fully saturated rings. The number of methoxy groups -OCH3 is 5. The van der Waals surface area contributed by atoms with E-state index in [4.69, 9.17) is 28.4 Å². The normalized spacial score (nSPS) is 17.1. The predicted octanol–water partition coefficient (Wildman–Crippen LogP) is 6.24. The number of fused-ring (bicyclic) bond motifs is 1. The zero-order chi connectivity index (χ0) is 32.1. The van der Waals surface area contributed by atoms with E-state index < -0.39 is 0 Å². The lowest BCUT2D eigenvalue weighted by molar-refractivity contribution is -0.135. The van der Waals surface area contributed by atoms with Crippen LogP contribution in [0.5, 0.6) is 34.5 Å². The lowest BCUT2D eigenvalue weighted by Gasteiger charge is -2.33. The molecule has 0 radical (unpaired) electrons. The Kier molecular flexibility index (Phi) is 10.3. The van der Waals surface area contributed by atoms with Gasteiger partial charge in [0.1, 0.15) is 17.2 Å². The summed E-state index contributed by atoms with van der Waals surface area (Å²) in [6.45, 7) is 3.12. The van der Waals surface area contributed by atoms with Gasteiger partial charge in [0.2, 0.25) is 5.75 Å². The van der Waals surface area contributed by atoms with Crippen LogP contribution in [0.25, 0.3) is 0 Å². The second kappa shape index (κ2) is 14.3. The summed E-state index contributed by atoms with van der Waals surface area (Å²) in [4.78, 5) is 18.1. The second-order valence-corrected chi connectivity index (χ2v) is 11.9. The van der Waals surface area contributed by atoms with Crippen molar-refractivity contribution in [2.45, 2.75) is 43.9 Å². The molecule has 0 N–H and O–H groups in total. The molecule has 1 saturated heterocycles. The second-order valence-electron chi connectivity index (χ2n) is 11.9. The third kappa shape index (κ3) is 6.64. The topological polar surface area (TPSA) is 78.9 Å². The number of likely N-dealkylation sites (tertiary alicyclic amines) is 1. The van der Waals surface area contributed by atoms with Crippen LogP contribution >= 0.6 is 0 Å². The highest BCUT2D eigenvalue weighted by Crippen LogP contribution is 2.54. The van der Waals surface area contributed by atoms with Crippen molar-refractivity contribution in [1.82, 2.24) is 4.90 Å². The van der Waals surface area contributed by atoms with E-state index >= 15 is 0 Å². The largest absolute Gasteiger partial charge is 0.496 e. The summed E-state index contributed by atoms with van der Waals surface area (Å²) in [7, 11) is 12.1. The van der Waals surface area contributed by atoms with Gasteiger partial charge in [0.25, 0.3) is 0 Å². The standard InChI is InChI=1S/C36H46N2O7/c1-37(2)25-13-11-23(12-14-25)26(15-18-38-16-9-8-10-17-38)33-28(40-3)22-29(41-4)34-27(21-32(39)45-36(33)34)24-19-30(42-5)35(44-7)31(20-24)43-6/h11-14,19-20,22,26-27H,8-10,15-18,21H2,1-7H3/t26-,27-/m1/s1. The van der Waals surface area contributed by atoms with Crippen molar-refractivity contribution in [2.24, 2.45) is 0 Å². The summed E-state index contributed by atoms with van der Waals surface area (Å²) in [5.41, 5.74) is 4.74. The SMILES string of the molecule is COc1cc([C@H]2CC(=O)Oc3c([C@H](CCN4CCCCC4)c4ccc(N(C)C)cc4)c(OC)cc(OC)c32)cc(OC)c1OC. The zero-order valence-electron chi connectivity index (χ0n) is 27.6. The molecule has 2 atom stereocenters. The Morgan fingerprint density at radius 1 is 0.822 bits per heavy atom. The van der Waals surface area contributed by atoms with E-state index in [1.54, 1.807) is 35.5 Å². The van der Waals surface area contributed by atoms with Gasteiger partial charge in [0, 0.05) is 48.8 Å². The molecule has 0 aromatic heterocycles. The molecule has 0 saturated carbocycles. The van der Waals surface area contributed by atoms with Crippen LogP contribution in [-0.2, 0) is 4.79 Å². The fraction of sp³-hybridized carbons (Fsp3) is 0.472. The number of rotatable bonds is 12. The van der Waals surface area contributed by atoms with Gasteiger partial charge >= 0.3 is 5.97 Å². The van der Waals surface area contributed by atoms with Crippen LogP contribution < -0.4 is 33.3 Å². The highest BCUT2D eigenvalue weighted by molar-refractivity contribution is 5.81. The fourth-order valence-corrected chi connectivity index (χ4v) is 6.74. The number of benzene rings is 3. The summed E-state index contributed by atoms with van der Waals surface area (Å²) >= 11 is 0. The monoisotopic (exact) mass is 618 g/mol. The summed E-state index contributed by atoms with van der Waals surface area (Å²) in [5, 5.41) is 0. The van der Waals surface area contributed by atoms with E-state index in [1.807, 2.05) is 32.3 Å². The van der Waals surface area contributed by atoms with Gasteiger partial charge < -0.3 is 38.2 Å². The molecule has 3 aromatic carbocycles. The van der Waals surface area contributed by atoms with Crippen LogP contribution in [0.2, 0.25) is 0 Å². The first-order chi connectivity index (χ1) is 21.8. The predicted molar refractivity (Wildman–Crippen MR) is 175 cm³/mol. The summed E-state index contributed by atoms with van der Waals surface area (Å²) in [5.74, 6) is 2.44. The van der Waals surface area contributed by atoms with Crippen LogP contribution in [0.1, 0.15) is 66.2 Å². The molecule has 242 valence electrons. The van der Waals surface area contributed by atoms with Crippen molar-refractivity contribution in [3.8, 4) is 34.5 Å². The van der Waals surface area contributed by atoms with Crippen molar-refractivity contribution in [2.75, 3.05) is 74.2 Å².